The number of hydrogen-bond acceptors (Lipinski definition) is 0. The molecule has 3 rings (SSSR count). The van der Waals surface area contributed by atoms with Gasteiger partial charge in [-0.15, -0.1) is 11.6 Å². The third-order valence-corrected chi connectivity index (χ3v) is 6.08. The van der Waals surface area contributed by atoms with Gasteiger partial charge in [-0.2, -0.15) is 0 Å². The minimum Gasteiger partial charge on any atom is -0.122 e. The van der Waals surface area contributed by atoms with Crippen LogP contribution in [-0.2, 0) is 5.88 Å². The summed E-state index contributed by atoms with van der Waals surface area (Å²) >= 11 is 6.00. The first-order chi connectivity index (χ1) is 10.4. The van der Waals surface area contributed by atoms with Crippen molar-refractivity contribution in [2.45, 2.75) is 5.88 Å². The third kappa shape index (κ3) is 3.35. The van der Waals surface area contributed by atoms with Gasteiger partial charge >= 0.3 is 0 Å². The molecule has 0 atom stereocenters. The standard InChI is InChI=1S/C19H16ClP/c20-15-16-8-7-13-19(14-16)21(17-9-3-1-4-10-17)18-11-5-2-6-12-18/h1-14H,15H2. The normalized spacial score (nSPS) is 10.8. The Morgan fingerprint density at radius 2 is 1.14 bits per heavy atom. The molecule has 2 heteroatoms. The SMILES string of the molecule is ClCc1cccc(P(c2ccccc2)c2ccccc2)c1. The van der Waals surface area contributed by atoms with Crippen molar-refractivity contribution in [1.29, 1.82) is 0 Å². The van der Waals surface area contributed by atoms with E-state index in [1.54, 1.807) is 0 Å². The number of hydrogen-bond donors (Lipinski definition) is 0. The number of alkyl halides is 1. The maximum Gasteiger partial charge on any atom is 0.0474 e. The lowest BCUT2D eigenvalue weighted by atomic mass is 10.2. The highest BCUT2D eigenvalue weighted by Gasteiger charge is 2.15. The molecule has 0 amide bonds. The van der Waals surface area contributed by atoms with Gasteiger partial charge in [0.25, 0.3) is 0 Å². The summed E-state index contributed by atoms with van der Waals surface area (Å²) in [6.45, 7) is 0. The van der Waals surface area contributed by atoms with Gasteiger partial charge < -0.3 is 0 Å². The highest BCUT2D eigenvalue weighted by atomic mass is 35.5. The third-order valence-electron chi connectivity index (χ3n) is 3.35. The van der Waals surface area contributed by atoms with Crippen LogP contribution in [0.5, 0.6) is 0 Å². The Hall–Kier alpha value is -1.62. The predicted molar refractivity (Wildman–Crippen MR) is 94.7 cm³/mol. The Morgan fingerprint density at radius 1 is 0.619 bits per heavy atom. The van der Waals surface area contributed by atoms with Crippen LogP contribution in [0.4, 0.5) is 0 Å². The summed E-state index contributed by atoms with van der Waals surface area (Å²) in [7, 11) is -0.527. The summed E-state index contributed by atoms with van der Waals surface area (Å²) < 4.78 is 0. The van der Waals surface area contributed by atoms with Gasteiger partial charge in [-0.1, -0.05) is 78.9 Å². The number of benzene rings is 3. The van der Waals surface area contributed by atoms with E-state index in [0.717, 1.165) is 0 Å². The predicted octanol–water partition coefficient (Wildman–Crippen LogP) is 4.18. The van der Waals surface area contributed by atoms with E-state index in [4.69, 9.17) is 11.6 Å². The Balaban J connectivity index is 2.12. The molecule has 0 aliphatic heterocycles. The largest absolute Gasteiger partial charge is 0.122 e. The second-order valence-corrected chi connectivity index (χ2v) is 7.30. The highest BCUT2D eigenvalue weighted by Crippen LogP contribution is 2.32. The van der Waals surface area contributed by atoms with E-state index in [0.29, 0.717) is 5.88 Å². The molecule has 0 aliphatic rings. The molecule has 0 N–H and O–H groups in total. The summed E-state index contributed by atoms with van der Waals surface area (Å²) in [5.74, 6) is 0.556. The van der Waals surface area contributed by atoms with Crippen LogP contribution in [0.3, 0.4) is 0 Å². The van der Waals surface area contributed by atoms with Crippen molar-refractivity contribution in [2.75, 3.05) is 0 Å². The van der Waals surface area contributed by atoms with E-state index in [2.05, 4.69) is 84.9 Å². The molecule has 3 aromatic rings. The smallest absolute Gasteiger partial charge is 0.0474 e. The van der Waals surface area contributed by atoms with Gasteiger partial charge in [-0.05, 0) is 35.5 Å². The van der Waals surface area contributed by atoms with Crippen molar-refractivity contribution < 1.29 is 0 Å². The maximum absolute atomic E-state index is 6.00. The average molecular weight is 311 g/mol. The summed E-state index contributed by atoms with van der Waals surface area (Å²) in [4.78, 5) is 0. The van der Waals surface area contributed by atoms with Gasteiger partial charge in [-0.3, -0.25) is 0 Å². The molecular weight excluding hydrogens is 295 g/mol. The summed E-state index contributed by atoms with van der Waals surface area (Å²) in [6.07, 6.45) is 0. The first kappa shape index (κ1) is 14.3. The van der Waals surface area contributed by atoms with Crippen molar-refractivity contribution in [3.8, 4) is 0 Å². The van der Waals surface area contributed by atoms with E-state index in [1.807, 2.05) is 0 Å². The summed E-state index contributed by atoms with van der Waals surface area (Å²) in [5.41, 5.74) is 1.17. The van der Waals surface area contributed by atoms with E-state index in [1.165, 1.54) is 21.5 Å². The van der Waals surface area contributed by atoms with E-state index < -0.39 is 7.92 Å². The molecule has 0 aliphatic carbocycles. The van der Waals surface area contributed by atoms with Crippen molar-refractivity contribution >= 4 is 35.4 Å². The fraction of sp³-hybridized carbons (Fsp3) is 0.0526. The Kier molecular flexibility index (Phi) is 4.70. The van der Waals surface area contributed by atoms with Crippen molar-refractivity contribution in [3.63, 3.8) is 0 Å². The second-order valence-electron chi connectivity index (χ2n) is 4.81. The molecule has 104 valence electrons. The average Bonchev–Trinajstić information content (AvgIpc) is 2.57. The van der Waals surface area contributed by atoms with Crippen LogP contribution >= 0.6 is 19.5 Å². The lowest BCUT2D eigenvalue weighted by molar-refractivity contribution is 1.42. The van der Waals surface area contributed by atoms with Crippen LogP contribution in [0.15, 0.2) is 84.9 Å². The van der Waals surface area contributed by atoms with Gasteiger partial charge in [0.15, 0.2) is 0 Å². The fourth-order valence-electron chi connectivity index (χ4n) is 2.38. The molecule has 0 aromatic heterocycles. The molecule has 0 unspecified atom stereocenters. The molecule has 3 aromatic carbocycles. The first-order valence-corrected chi connectivity index (χ1v) is 8.81. The summed E-state index contributed by atoms with van der Waals surface area (Å²) in [6, 6.07) is 30.1. The molecule has 0 fully saturated rings. The number of rotatable bonds is 4. The first-order valence-electron chi connectivity index (χ1n) is 6.93. The van der Waals surface area contributed by atoms with Crippen molar-refractivity contribution in [1.82, 2.24) is 0 Å². The molecule has 0 spiro atoms. The van der Waals surface area contributed by atoms with Gasteiger partial charge in [0.2, 0.25) is 0 Å². The van der Waals surface area contributed by atoms with Crippen LogP contribution in [0, 0.1) is 0 Å². The topological polar surface area (TPSA) is 0 Å². The maximum atomic E-state index is 6.00. The number of halogens is 1. The van der Waals surface area contributed by atoms with Crippen molar-refractivity contribution in [2.24, 2.45) is 0 Å². The van der Waals surface area contributed by atoms with Crippen LogP contribution in [-0.4, -0.2) is 0 Å². The van der Waals surface area contributed by atoms with Gasteiger partial charge in [-0.25, -0.2) is 0 Å². The molecule has 0 nitrogen and oxygen atoms in total. The zero-order chi connectivity index (χ0) is 14.5. The highest BCUT2D eigenvalue weighted by molar-refractivity contribution is 7.79. The lowest BCUT2D eigenvalue weighted by Gasteiger charge is -2.19. The monoisotopic (exact) mass is 310 g/mol. The van der Waals surface area contributed by atoms with E-state index >= 15 is 0 Å². The fourth-order valence-corrected chi connectivity index (χ4v) is 4.91. The quantitative estimate of drug-likeness (QED) is 0.501. The van der Waals surface area contributed by atoms with E-state index in [9.17, 15) is 0 Å². The Labute approximate surface area is 132 Å². The van der Waals surface area contributed by atoms with Gasteiger partial charge in [0.1, 0.15) is 0 Å². The van der Waals surface area contributed by atoms with Gasteiger partial charge in [0, 0.05) is 5.88 Å². The molecule has 0 saturated carbocycles. The van der Waals surface area contributed by atoms with Crippen LogP contribution in [0.1, 0.15) is 5.56 Å². The van der Waals surface area contributed by atoms with Crippen molar-refractivity contribution in [3.05, 3.63) is 90.5 Å². The van der Waals surface area contributed by atoms with Crippen LogP contribution < -0.4 is 15.9 Å². The van der Waals surface area contributed by atoms with Gasteiger partial charge in [0.05, 0.1) is 0 Å². The Bertz CT molecular complexity index is 656. The Morgan fingerprint density at radius 3 is 1.67 bits per heavy atom. The zero-order valence-corrected chi connectivity index (χ0v) is 13.3. The summed E-state index contributed by atoms with van der Waals surface area (Å²) in [5, 5.41) is 4.08. The molecule has 0 saturated heterocycles. The molecule has 21 heavy (non-hydrogen) atoms. The minimum absolute atomic E-state index is 0.527. The molecule has 0 bridgehead atoms. The molecular formula is C19H16ClP. The van der Waals surface area contributed by atoms with Crippen LogP contribution in [0.2, 0.25) is 0 Å². The molecule has 0 heterocycles. The van der Waals surface area contributed by atoms with Crippen LogP contribution in [0.25, 0.3) is 0 Å². The van der Waals surface area contributed by atoms with E-state index in [-0.39, 0.29) is 0 Å². The zero-order valence-electron chi connectivity index (χ0n) is 11.6. The molecule has 0 radical (unpaired) electrons. The second kappa shape index (κ2) is 6.89. The minimum atomic E-state index is -0.527. The lowest BCUT2D eigenvalue weighted by Crippen LogP contribution is -2.20.